The maximum Gasteiger partial charge on any atom is 0.0334 e. The number of nitrogen functional groups attached to an aromatic ring is 1. The standard InChI is InChI=1S/C28H15N/c29-22-12-2-16(3-13-22)1-4-20-15-21-10-9-18-6-5-17-7-8-19-11-14-23(20)28-26(19)24(17)25(18)27(21)28/h2-3,5-15H,29H2. The fourth-order valence-electron chi connectivity index (χ4n) is 4.98. The molecule has 0 saturated heterocycles. The number of hydrogen-bond acceptors (Lipinski definition) is 1. The van der Waals surface area contributed by atoms with E-state index >= 15 is 0 Å². The highest BCUT2D eigenvalue weighted by Crippen LogP contribution is 2.48. The molecular formula is C28H15N. The first-order valence-corrected chi connectivity index (χ1v) is 9.83. The van der Waals surface area contributed by atoms with E-state index in [-0.39, 0.29) is 0 Å². The van der Waals surface area contributed by atoms with Crippen LogP contribution in [-0.4, -0.2) is 0 Å². The van der Waals surface area contributed by atoms with Crippen molar-refractivity contribution in [1.29, 1.82) is 0 Å². The normalized spacial score (nSPS) is 12.0. The van der Waals surface area contributed by atoms with Crippen molar-refractivity contribution in [2.45, 2.75) is 0 Å². The smallest absolute Gasteiger partial charge is 0.0334 e. The zero-order valence-corrected chi connectivity index (χ0v) is 15.6. The van der Waals surface area contributed by atoms with Gasteiger partial charge in [0, 0.05) is 16.8 Å². The van der Waals surface area contributed by atoms with E-state index in [9.17, 15) is 0 Å². The molecule has 0 amide bonds. The number of anilines is 1. The highest BCUT2D eigenvalue weighted by atomic mass is 14.5. The Bertz CT molecular complexity index is 1700. The Labute approximate surface area is 167 Å². The quantitative estimate of drug-likeness (QED) is 0.180. The molecule has 132 valence electrons. The van der Waals surface area contributed by atoms with Crippen molar-refractivity contribution >= 4 is 59.5 Å². The highest BCUT2D eigenvalue weighted by Gasteiger charge is 2.20. The number of benzene rings is 6. The van der Waals surface area contributed by atoms with Crippen molar-refractivity contribution in [3.8, 4) is 11.8 Å². The van der Waals surface area contributed by atoms with Crippen LogP contribution in [0.1, 0.15) is 11.1 Å². The fraction of sp³-hybridized carbons (Fsp3) is 0. The van der Waals surface area contributed by atoms with Gasteiger partial charge >= 0.3 is 0 Å². The van der Waals surface area contributed by atoms with Crippen molar-refractivity contribution in [2.24, 2.45) is 0 Å². The Kier molecular flexibility index (Phi) is 2.62. The van der Waals surface area contributed by atoms with E-state index in [0.717, 1.165) is 16.8 Å². The molecule has 0 bridgehead atoms. The fourth-order valence-corrected chi connectivity index (χ4v) is 4.98. The zero-order chi connectivity index (χ0) is 19.1. The Morgan fingerprint density at radius 2 is 1.00 bits per heavy atom. The average Bonchev–Trinajstić information content (AvgIpc) is 3.13. The SMILES string of the molecule is Nc1ccc(C#Cc2cc3ccc4ccc5ccc6ccc2c2c6c5c4c32)cc1. The molecule has 0 atom stereocenters. The molecule has 0 aliphatic heterocycles. The third kappa shape index (κ3) is 1.86. The van der Waals surface area contributed by atoms with Crippen LogP contribution in [0.25, 0.3) is 53.9 Å². The minimum Gasteiger partial charge on any atom is -0.399 e. The monoisotopic (exact) mass is 365 g/mol. The van der Waals surface area contributed by atoms with Gasteiger partial charge in [0.05, 0.1) is 0 Å². The van der Waals surface area contributed by atoms with Gasteiger partial charge in [-0.3, -0.25) is 0 Å². The Morgan fingerprint density at radius 1 is 0.483 bits per heavy atom. The van der Waals surface area contributed by atoms with E-state index in [1.807, 2.05) is 24.3 Å². The predicted molar refractivity (Wildman–Crippen MR) is 124 cm³/mol. The molecule has 1 heteroatoms. The summed E-state index contributed by atoms with van der Waals surface area (Å²) in [5, 5.41) is 13.4. The van der Waals surface area contributed by atoms with Crippen LogP contribution in [0.15, 0.2) is 78.9 Å². The van der Waals surface area contributed by atoms with Crippen LogP contribution in [-0.2, 0) is 0 Å². The second-order valence-corrected chi connectivity index (χ2v) is 7.87. The van der Waals surface area contributed by atoms with E-state index in [4.69, 9.17) is 5.73 Å². The lowest BCUT2D eigenvalue weighted by Gasteiger charge is -2.07. The summed E-state index contributed by atoms with van der Waals surface area (Å²) in [6, 6.07) is 27.9. The van der Waals surface area contributed by atoms with E-state index in [2.05, 4.69) is 66.4 Å². The molecule has 0 aliphatic rings. The van der Waals surface area contributed by atoms with Gasteiger partial charge in [0.25, 0.3) is 0 Å². The highest BCUT2D eigenvalue weighted by molar-refractivity contribution is 6.44. The van der Waals surface area contributed by atoms with E-state index < -0.39 is 0 Å². The van der Waals surface area contributed by atoms with Gasteiger partial charge < -0.3 is 5.73 Å². The van der Waals surface area contributed by atoms with Gasteiger partial charge in [0.1, 0.15) is 0 Å². The molecule has 2 N–H and O–H groups in total. The summed E-state index contributed by atoms with van der Waals surface area (Å²) in [4.78, 5) is 0. The first-order valence-electron chi connectivity index (χ1n) is 9.83. The Morgan fingerprint density at radius 3 is 1.66 bits per heavy atom. The molecule has 0 fully saturated rings. The van der Waals surface area contributed by atoms with Gasteiger partial charge in [0.15, 0.2) is 0 Å². The van der Waals surface area contributed by atoms with E-state index in [0.29, 0.717) is 0 Å². The van der Waals surface area contributed by atoms with Crippen LogP contribution in [0, 0.1) is 11.8 Å². The summed E-state index contributed by atoms with van der Waals surface area (Å²) in [5.41, 5.74) is 8.62. The Balaban J connectivity index is 1.65. The lowest BCUT2D eigenvalue weighted by molar-refractivity contribution is 1.63. The van der Waals surface area contributed by atoms with Gasteiger partial charge in [-0.15, -0.1) is 0 Å². The Hall–Kier alpha value is -4.02. The lowest BCUT2D eigenvalue weighted by Crippen LogP contribution is -1.85. The summed E-state index contributed by atoms with van der Waals surface area (Å²) >= 11 is 0. The van der Waals surface area contributed by atoms with Crippen LogP contribution in [0.3, 0.4) is 0 Å². The van der Waals surface area contributed by atoms with E-state index in [1.54, 1.807) is 0 Å². The first kappa shape index (κ1) is 15.0. The van der Waals surface area contributed by atoms with Gasteiger partial charge in [-0.2, -0.15) is 0 Å². The summed E-state index contributed by atoms with van der Waals surface area (Å²) in [7, 11) is 0. The topological polar surface area (TPSA) is 26.0 Å². The van der Waals surface area contributed by atoms with Crippen molar-refractivity contribution in [1.82, 2.24) is 0 Å². The van der Waals surface area contributed by atoms with Crippen molar-refractivity contribution in [3.63, 3.8) is 0 Å². The largest absolute Gasteiger partial charge is 0.399 e. The summed E-state index contributed by atoms with van der Waals surface area (Å²) in [6.07, 6.45) is 0. The van der Waals surface area contributed by atoms with Crippen LogP contribution in [0.2, 0.25) is 0 Å². The summed E-state index contributed by atoms with van der Waals surface area (Å²) < 4.78 is 0. The molecule has 0 spiro atoms. The van der Waals surface area contributed by atoms with Crippen LogP contribution < -0.4 is 5.73 Å². The molecule has 0 unspecified atom stereocenters. The average molecular weight is 365 g/mol. The second kappa shape index (κ2) is 5.07. The van der Waals surface area contributed by atoms with Crippen molar-refractivity contribution < 1.29 is 0 Å². The molecule has 0 heterocycles. The molecule has 0 radical (unpaired) electrons. The first-order chi connectivity index (χ1) is 14.3. The molecule has 7 aromatic carbocycles. The predicted octanol–water partition coefficient (Wildman–Crippen LogP) is 6.75. The summed E-state index contributed by atoms with van der Waals surface area (Å²) in [6.45, 7) is 0. The molecule has 7 rings (SSSR count). The molecule has 0 aliphatic carbocycles. The number of hydrogen-bond donors (Lipinski definition) is 1. The van der Waals surface area contributed by atoms with Gasteiger partial charge in [0.2, 0.25) is 0 Å². The molecule has 7 aromatic rings. The van der Waals surface area contributed by atoms with Crippen molar-refractivity contribution in [2.75, 3.05) is 5.73 Å². The zero-order valence-electron chi connectivity index (χ0n) is 15.6. The lowest BCUT2D eigenvalue weighted by atomic mass is 9.95. The van der Waals surface area contributed by atoms with Crippen LogP contribution in [0.4, 0.5) is 5.69 Å². The second-order valence-electron chi connectivity index (χ2n) is 7.87. The van der Waals surface area contributed by atoms with Gasteiger partial charge in [-0.05, 0) is 84.2 Å². The molecule has 0 aromatic heterocycles. The van der Waals surface area contributed by atoms with Gasteiger partial charge in [-0.25, -0.2) is 0 Å². The van der Waals surface area contributed by atoms with Crippen LogP contribution >= 0.6 is 0 Å². The van der Waals surface area contributed by atoms with E-state index in [1.165, 1.54) is 53.9 Å². The summed E-state index contributed by atoms with van der Waals surface area (Å²) in [5.74, 6) is 6.76. The van der Waals surface area contributed by atoms with Crippen molar-refractivity contribution in [3.05, 3.63) is 90.0 Å². The molecule has 0 saturated carbocycles. The number of rotatable bonds is 0. The molecule has 1 nitrogen and oxygen atoms in total. The molecular weight excluding hydrogens is 350 g/mol. The third-order valence-corrected chi connectivity index (χ3v) is 6.27. The minimum atomic E-state index is 0.759. The number of nitrogens with two attached hydrogens (primary N) is 1. The minimum absolute atomic E-state index is 0.759. The molecule has 29 heavy (non-hydrogen) atoms. The maximum atomic E-state index is 5.80. The van der Waals surface area contributed by atoms with Crippen LogP contribution in [0.5, 0.6) is 0 Å². The maximum absolute atomic E-state index is 5.80. The van der Waals surface area contributed by atoms with Gasteiger partial charge in [-0.1, -0.05) is 60.4 Å². The third-order valence-electron chi connectivity index (χ3n) is 6.27.